The van der Waals surface area contributed by atoms with Gasteiger partial charge in [0.05, 0.1) is 0 Å². The number of hydrogen-bond donors (Lipinski definition) is 0. The van der Waals surface area contributed by atoms with Crippen LogP contribution in [0.3, 0.4) is 0 Å². The van der Waals surface area contributed by atoms with Crippen LogP contribution in [0.1, 0.15) is 57.2 Å². The Morgan fingerprint density at radius 3 is 2.25 bits per heavy atom. The van der Waals surface area contributed by atoms with Crippen molar-refractivity contribution in [1.29, 1.82) is 0 Å². The van der Waals surface area contributed by atoms with Crippen LogP contribution < -0.4 is 4.57 Å². The summed E-state index contributed by atoms with van der Waals surface area (Å²) in [7, 11) is 2.00. The van der Waals surface area contributed by atoms with Crippen LogP contribution in [0.2, 0.25) is 0 Å². The Morgan fingerprint density at radius 2 is 1.61 bits per heavy atom. The van der Waals surface area contributed by atoms with Crippen molar-refractivity contribution in [3.63, 3.8) is 0 Å². The molecule has 3 heteroatoms. The summed E-state index contributed by atoms with van der Waals surface area (Å²) in [5, 5.41) is 2.36. The molecule has 0 aliphatic heterocycles. The molecule has 0 saturated carbocycles. The number of rotatable bonds is 1. The van der Waals surface area contributed by atoms with E-state index in [9.17, 15) is 0 Å². The summed E-state index contributed by atoms with van der Waals surface area (Å²) in [6.45, 7) is 11.6. The molecule has 0 N–H and O–H groups in total. The van der Waals surface area contributed by atoms with Crippen LogP contribution in [0, 0.1) is 6.92 Å². The van der Waals surface area contributed by atoms with E-state index in [1.165, 1.54) is 29.4 Å². The van der Waals surface area contributed by atoms with Gasteiger partial charge in [0.1, 0.15) is 18.2 Å². The zero-order chi connectivity index (χ0) is 19.8. The van der Waals surface area contributed by atoms with Crippen molar-refractivity contribution < 1.29 is 13.4 Å². The van der Waals surface area contributed by atoms with Gasteiger partial charge in [-0.15, -0.1) is 0 Å². The lowest BCUT2D eigenvalue weighted by Crippen LogP contribution is -2.33. The van der Waals surface area contributed by atoms with E-state index in [1.54, 1.807) is 6.26 Å². The maximum Gasteiger partial charge on any atom is 0.384 e. The number of nitrogens with zero attached hydrogens (tertiary/aromatic N) is 1. The molecule has 0 radical (unpaired) electrons. The minimum absolute atomic E-state index is 0.171. The van der Waals surface area contributed by atoms with Crippen molar-refractivity contribution in [2.75, 3.05) is 0 Å². The standard InChI is InChI=1S/C25H28NO2/c1-15-7-8-16-17-13-18-19(25(4,5)10-9-24(18,2)3)14-20(17)28-22(16)21(15)23-26(6)11-12-27-23/h7-8,11-14H,9-10H2,1-6H3/q+1. The van der Waals surface area contributed by atoms with E-state index in [0.29, 0.717) is 0 Å². The molecule has 28 heavy (non-hydrogen) atoms. The summed E-state index contributed by atoms with van der Waals surface area (Å²) in [5.41, 5.74) is 7.33. The predicted molar refractivity (Wildman–Crippen MR) is 113 cm³/mol. The third-order valence-corrected chi connectivity index (χ3v) is 6.82. The van der Waals surface area contributed by atoms with Crippen LogP contribution in [-0.4, -0.2) is 0 Å². The van der Waals surface area contributed by atoms with E-state index < -0.39 is 0 Å². The van der Waals surface area contributed by atoms with Crippen molar-refractivity contribution in [3.05, 3.63) is 53.4 Å². The molecule has 0 atom stereocenters. The van der Waals surface area contributed by atoms with Gasteiger partial charge in [0.15, 0.2) is 11.8 Å². The third-order valence-electron chi connectivity index (χ3n) is 6.82. The Hall–Kier alpha value is -2.55. The van der Waals surface area contributed by atoms with Crippen LogP contribution >= 0.6 is 0 Å². The van der Waals surface area contributed by atoms with Crippen molar-refractivity contribution in [3.8, 4) is 11.5 Å². The first-order valence-corrected chi connectivity index (χ1v) is 10.1. The largest absolute Gasteiger partial charge is 0.455 e. The Labute approximate surface area is 166 Å². The molecule has 3 nitrogen and oxygen atoms in total. The van der Waals surface area contributed by atoms with Crippen molar-refractivity contribution in [1.82, 2.24) is 0 Å². The van der Waals surface area contributed by atoms with Gasteiger partial charge < -0.3 is 8.83 Å². The fourth-order valence-electron chi connectivity index (χ4n) is 4.84. The van der Waals surface area contributed by atoms with E-state index in [1.807, 2.05) is 17.8 Å². The maximum atomic E-state index is 6.50. The van der Waals surface area contributed by atoms with Crippen LogP contribution in [0.15, 0.2) is 45.6 Å². The zero-order valence-corrected chi connectivity index (χ0v) is 17.6. The van der Waals surface area contributed by atoms with Gasteiger partial charge in [0, 0.05) is 10.8 Å². The lowest BCUT2D eigenvalue weighted by atomic mass is 9.63. The van der Waals surface area contributed by atoms with Gasteiger partial charge >= 0.3 is 5.89 Å². The van der Waals surface area contributed by atoms with E-state index in [2.05, 4.69) is 58.9 Å². The Morgan fingerprint density at radius 1 is 0.929 bits per heavy atom. The van der Waals surface area contributed by atoms with Crippen LogP contribution in [0.25, 0.3) is 33.4 Å². The lowest BCUT2D eigenvalue weighted by molar-refractivity contribution is -0.662. The van der Waals surface area contributed by atoms with Gasteiger partial charge in [0.25, 0.3) is 0 Å². The molecule has 4 aromatic rings. The normalized spacial score (nSPS) is 17.9. The first-order chi connectivity index (χ1) is 13.2. The predicted octanol–water partition coefficient (Wildman–Crippen LogP) is 6.33. The maximum absolute atomic E-state index is 6.50. The first-order valence-electron chi connectivity index (χ1n) is 10.1. The fourth-order valence-corrected chi connectivity index (χ4v) is 4.84. The Kier molecular flexibility index (Phi) is 3.44. The van der Waals surface area contributed by atoms with Crippen LogP contribution in [0.4, 0.5) is 0 Å². The van der Waals surface area contributed by atoms with Gasteiger partial charge in [-0.1, -0.05) is 39.8 Å². The molecule has 0 unspecified atom stereocenters. The topological polar surface area (TPSA) is 30.2 Å². The van der Waals surface area contributed by atoms with Gasteiger partial charge in [-0.05, 0) is 59.4 Å². The van der Waals surface area contributed by atoms with Crippen molar-refractivity contribution in [2.45, 2.75) is 58.3 Å². The second kappa shape index (κ2) is 5.50. The van der Waals surface area contributed by atoms with Gasteiger partial charge in [-0.25, -0.2) is 0 Å². The molecule has 144 valence electrons. The smallest absolute Gasteiger partial charge is 0.384 e. The molecule has 5 rings (SSSR count). The molecule has 2 heterocycles. The second-order valence-electron chi connectivity index (χ2n) is 9.72. The van der Waals surface area contributed by atoms with E-state index in [0.717, 1.165) is 33.6 Å². The molecule has 1 aliphatic rings. The SMILES string of the molecule is Cc1ccc2c(oc3cc4c(cc32)C(C)(C)CCC4(C)C)c1-c1occ[n+]1C. The quantitative estimate of drug-likeness (QED) is 0.365. The number of fused-ring (bicyclic) bond motifs is 4. The van der Waals surface area contributed by atoms with Gasteiger partial charge in [-0.3, -0.25) is 0 Å². The summed E-state index contributed by atoms with van der Waals surface area (Å²) in [6.07, 6.45) is 6.06. The van der Waals surface area contributed by atoms with Crippen LogP contribution in [-0.2, 0) is 17.9 Å². The summed E-state index contributed by atoms with van der Waals surface area (Å²) in [6, 6.07) is 9.05. The number of benzene rings is 2. The molecule has 0 saturated heterocycles. The molecule has 1 aliphatic carbocycles. The molecule has 2 aromatic carbocycles. The summed E-state index contributed by atoms with van der Waals surface area (Å²) in [5.74, 6) is 0.826. The van der Waals surface area contributed by atoms with Gasteiger partial charge in [-0.2, -0.15) is 4.57 Å². The fraction of sp³-hybridized carbons (Fsp3) is 0.400. The highest BCUT2D eigenvalue weighted by molar-refractivity contribution is 6.10. The van der Waals surface area contributed by atoms with E-state index >= 15 is 0 Å². The number of furan rings is 1. The number of oxazole rings is 1. The average Bonchev–Trinajstić information content (AvgIpc) is 3.21. The summed E-state index contributed by atoms with van der Waals surface area (Å²) in [4.78, 5) is 0. The summed E-state index contributed by atoms with van der Waals surface area (Å²) >= 11 is 0. The molecule has 0 amide bonds. The first kappa shape index (κ1) is 17.5. The zero-order valence-electron chi connectivity index (χ0n) is 17.6. The van der Waals surface area contributed by atoms with Crippen LogP contribution in [0.5, 0.6) is 0 Å². The molecule has 2 aromatic heterocycles. The van der Waals surface area contributed by atoms with E-state index in [-0.39, 0.29) is 10.8 Å². The van der Waals surface area contributed by atoms with Gasteiger partial charge in [0.2, 0.25) is 6.20 Å². The molecular weight excluding hydrogens is 346 g/mol. The molecular formula is C25H28NO2+. The molecule has 0 fully saturated rings. The third kappa shape index (κ3) is 2.32. The minimum Gasteiger partial charge on any atom is -0.455 e. The minimum atomic E-state index is 0.171. The molecule has 0 bridgehead atoms. The Bertz CT molecular complexity index is 1240. The number of aryl methyl sites for hydroxylation is 2. The number of hydrogen-bond acceptors (Lipinski definition) is 2. The summed E-state index contributed by atoms with van der Waals surface area (Å²) < 4.78 is 14.3. The highest BCUT2D eigenvalue weighted by Gasteiger charge is 2.38. The number of aromatic nitrogens is 1. The molecule has 0 spiro atoms. The van der Waals surface area contributed by atoms with E-state index in [4.69, 9.17) is 8.83 Å². The van der Waals surface area contributed by atoms with Crippen molar-refractivity contribution in [2.24, 2.45) is 7.05 Å². The highest BCUT2D eigenvalue weighted by Crippen LogP contribution is 2.48. The monoisotopic (exact) mass is 374 g/mol. The average molecular weight is 375 g/mol. The van der Waals surface area contributed by atoms with Crippen molar-refractivity contribution >= 4 is 21.9 Å². The lowest BCUT2D eigenvalue weighted by Gasteiger charge is -2.41. The Balaban J connectivity index is 1.89. The highest BCUT2D eigenvalue weighted by atomic mass is 16.4. The second-order valence-corrected chi connectivity index (χ2v) is 9.72.